The molecule has 0 radical (unpaired) electrons. The van der Waals surface area contributed by atoms with E-state index in [0.29, 0.717) is 5.75 Å². The number of halogens is 1. The van der Waals surface area contributed by atoms with E-state index >= 15 is 0 Å². The maximum atomic E-state index is 11.2. The standard InChI is InChI=1S/C28H33ClO2S/c1-27(2,3)23-16-19(17-24(25(23)30)28(4,5)6)26(18-8-12-21(31-7)13-9-18)32-22-14-10-20(29)11-15-22/h8-17,26,30H,1-7H3. The molecule has 4 heteroatoms. The summed E-state index contributed by atoms with van der Waals surface area (Å²) in [5, 5.41) is 12.0. The number of phenolic OH excluding ortho intramolecular Hbond substituents is 1. The van der Waals surface area contributed by atoms with E-state index in [4.69, 9.17) is 16.3 Å². The minimum Gasteiger partial charge on any atom is -0.507 e. The summed E-state index contributed by atoms with van der Waals surface area (Å²) in [6, 6.07) is 20.5. The molecule has 0 heterocycles. The van der Waals surface area contributed by atoms with Crippen molar-refractivity contribution in [3.63, 3.8) is 0 Å². The predicted octanol–water partition coefficient (Wildman–Crippen LogP) is 8.53. The molecular weight excluding hydrogens is 436 g/mol. The van der Waals surface area contributed by atoms with Gasteiger partial charge in [-0.2, -0.15) is 0 Å². The Kier molecular flexibility index (Phi) is 7.21. The molecule has 3 aromatic rings. The lowest BCUT2D eigenvalue weighted by atomic mass is 9.78. The first-order valence-corrected chi connectivity index (χ1v) is 12.1. The summed E-state index contributed by atoms with van der Waals surface area (Å²) in [4.78, 5) is 1.14. The highest BCUT2D eigenvalue weighted by molar-refractivity contribution is 7.99. The third kappa shape index (κ3) is 5.63. The third-order valence-corrected chi connectivity index (χ3v) is 7.11. The fourth-order valence-electron chi connectivity index (χ4n) is 3.71. The van der Waals surface area contributed by atoms with Crippen LogP contribution in [0.15, 0.2) is 65.6 Å². The van der Waals surface area contributed by atoms with Crippen LogP contribution >= 0.6 is 23.4 Å². The fraction of sp³-hybridized carbons (Fsp3) is 0.357. The monoisotopic (exact) mass is 468 g/mol. The summed E-state index contributed by atoms with van der Waals surface area (Å²) in [5.41, 5.74) is 3.91. The maximum absolute atomic E-state index is 11.2. The van der Waals surface area contributed by atoms with Gasteiger partial charge in [0.05, 0.1) is 12.4 Å². The Balaban J connectivity index is 2.21. The number of methoxy groups -OCH3 is 1. The molecule has 3 rings (SSSR count). The highest BCUT2D eigenvalue weighted by Gasteiger charge is 2.29. The smallest absolute Gasteiger partial charge is 0.123 e. The van der Waals surface area contributed by atoms with Crippen molar-refractivity contribution in [2.45, 2.75) is 62.5 Å². The average molecular weight is 469 g/mol. The van der Waals surface area contributed by atoms with Crippen molar-refractivity contribution in [3.8, 4) is 11.5 Å². The van der Waals surface area contributed by atoms with Crippen LogP contribution in [0.3, 0.4) is 0 Å². The summed E-state index contributed by atoms with van der Waals surface area (Å²) in [6.07, 6.45) is 0. The Bertz CT molecular complexity index is 1020. The Labute approximate surface area is 202 Å². The summed E-state index contributed by atoms with van der Waals surface area (Å²) >= 11 is 7.90. The van der Waals surface area contributed by atoms with E-state index in [-0.39, 0.29) is 16.1 Å². The van der Waals surface area contributed by atoms with E-state index in [0.717, 1.165) is 26.8 Å². The Morgan fingerprint density at radius 3 is 1.72 bits per heavy atom. The molecule has 3 aromatic carbocycles. The molecule has 0 saturated heterocycles. The van der Waals surface area contributed by atoms with E-state index in [9.17, 15) is 5.11 Å². The van der Waals surface area contributed by atoms with E-state index in [1.165, 1.54) is 11.1 Å². The van der Waals surface area contributed by atoms with E-state index in [1.807, 2.05) is 24.3 Å². The molecule has 0 aromatic heterocycles. The second-order valence-corrected chi connectivity index (χ2v) is 11.8. The summed E-state index contributed by atoms with van der Waals surface area (Å²) in [7, 11) is 1.68. The van der Waals surface area contributed by atoms with Crippen molar-refractivity contribution in [1.29, 1.82) is 0 Å². The third-order valence-electron chi connectivity index (χ3n) is 5.54. The van der Waals surface area contributed by atoms with E-state index < -0.39 is 0 Å². The van der Waals surface area contributed by atoms with Crippen LogP contribution in [-0.4, -0.2) is 12.2 Å². The van der Waals surface area contributed by atoms with Crippen molar-refractivity contribution in [2.24, 2.45) is 0 Å². The molecular formula is C28H33ClO2S. The molecule has 1 N–H and O–H groups in total. The number of hydrogen-bond donors (Lipinski definition) is 1. The quantitative estimate of drug-likeness (QED) is 0.380. The second kappa shape index (κ2) is 9.41. The highest BCUT2D eigenvalue weighted by atomic mass is 35.5. The normalized spacial score (nSPS) is 13.1. The molecule has 0 fully saturated rings. The van der Waals surface area contributed by atoms with Crippen LogP contribution in [0.4, 0.5) is 0 Å². The summed E-state index contributed by atoms with van der Waals surface area (Å²) in [5.74, 6) is 1.24. The number of phenols is 1. The van der Waals surface area contributed by atoms with Gasteiger partial charge < -0.3 is 9.84 Å². The number of thioether (sulfide) groups is 1. The van der Waals surface area contributed by atoms with Gasteiger partial charge in [-0.1, -0.05) is 77.4 Å². The second-order valence-electron chi connectivity index (χ2n) is 10.2. The Morgan fingerprint density at radius 2 is 1.28 bits per heavy atom. The first-order valence-electron chi connectivity index (χ1n) is 10.8. The van der Waals surface area contributed by atoms with Gasteiger partial charge in [0.25, 0.3) is 0 Å². The molecule has 0 spiro atoms. The Hall–Kier alpha value is -2.10. The first-order chi connectivity index (χ1) is 14.9. The average Bonchev–Trinajstić information content (AvgIpc) is 2.72. The van der Waals surface area contributed by atoms with Gasteiger partial charge in [-0.05, 0) is 69.5 Å². The van der Waals surface area contributed by atoms with Gasteiger partial charge >= 0.3 is 0 Å². The van der Waals surface area contributed by atoms with Crippen LogP contribution in [0, 0.1) is 0 Å². The number of benzene rings is 3. The molecule has 2 nitrogen and oxygen atoms in total. The Morgan fingerprint density at radius 1 is 0.781 bits per heavy atom. The van der Waals surface area contributed by atoms with Crippen molar-refractivity contribution in [1.82, 2.24) is 0 Å². The fourth-order valence-corrected chi connectivity index (χ4v) is 4.96. The van der Waals surface area contributed by atoms with Crippen molar-refractivity contribution in [2.75, 3.05) is 7.11 Å². The van der Waals surface area contributed by atoms with Crippen molar-refractivity contribution < 1.29 is 9.84 Å². The lowest BCUT2D eigenvalue weighted by molar-refractivity contribution is 0.414. The maximum Gasteiger partial charge on any atom is 0.123 e. The zero-order chi connectivity index (χ0) is 23.7. The van der Waals surface area contributed by atoms with Gasteiger partial charge in [0.2, 0.25) is 0 Å². The zero-order valence-electron chi connectivity index (χ0n) is 20.0. The predicted molar refractivity (Wildman–Crippen MR) is 138 cm³/mol. The van der Waals surface area contributed by atoms with E-state index in [1.54, 1.807) is 18.9 Å². The van der Waals surface area contributed by atoms with E-state index in [2.05, 4.69) is 77.9 Å². The molecule has 1 unspecified atom stereocenters. The van der Waals surface area contributed by atoms with Gasteiger partial charge in [0.15, 0.2) is 0 Å². The molecule has 170 valence electrons. The zero-order valence-corrected chi connectivity index (χ0v) is 21.6. The number of rotatable bonds is 5. The van der Waals surface area contributed by atoms with Crippen molar-refractivity contribution in [3.05, 3.63) is 87.9 Å². The van der Waals surface area contributed by atoms with Gasteiger partial charge in [0.1, 0.15) is 11.5 Å². The van der Waals surface area contributed by atoms with Gasteiger partial charge in [0, 0.05) is 9.92 Å². The molecule has 0 bridgehead atoms. The van der Waals surface area contributed by atoms with Crippen molar-refractivity contribution >= 4 is 23.4 Å². The van der Waals surface area contributed by atoms with Gasteiger partial charge in [-0.3, -0.25) is 0 Å². The highest BCUT2D eigenvalue weighted by Crippen LogP contribution is 2.46. The lowest BCUT2D eigenvalue weighted by Gasteiger charge is -2.30. The minimum absolute atomic E-state index is 0.0462. The lowest BCUT2D eigenvalue weighted by Crippen LogP contribution is -2.18. The van der Waals surface area contributed by atoms with Crippen LogP contribution < -0.4 is 4.74 Å². The SMILES string of the molecule is COc1ccc(C(Sc2ccc(Cl)cc2)c2cc(C(C)(C)C)c(O)c(C(C)(C)C)c2)cc1. The molecule has 1 atom stereocenters. The van der Waals surface area contributed by atoms with Crippen LogP contribution in [0.5, 0.6) is 11.5 Å². The largest absolute Gasteiger partial charge is 0.507 e. The van der Waals surface area contributed by atoms with Crippen LogP contribution in [0.2, 0.25) is 5.02 Å². The molecule has 32 heavy (non-hydrogen) atoms. The van der Waals surface area contributed by atoms with Crippen LogP contribution in [0.25, 0.3) is 0 Å². The van der Waals surface area contributed by atoms with Gasteiger partial charge in [-0.15, -0.1) is 11.8 Å². The molecule has 0 aliphatic carbocycles. The number of ether oxygens (including phenoxy) is 1. The molecule has 0 amide bonds. The minimum atomic E-state index is -0.185. The molecule has 0 saturated carbocycles. The molecule has 0 aliphatic heterocycles. The molecule has 0 aliphatic rings. The number of hydrogen-bond acceptors (Lipinski definition) is 3. The summed E-state index contributed by atoms with van der Waals surface area (Å²) < 4.78 is 5.37. The van der Waals surface area contributed by atoms with Gasteiger partial charge in [-0.25, -0.2) is 0 Å². The topological polar surface area (TPSA) is 29.5 Å². The van der Waals surface area contributed by atoms with Crippen LogP contribution in [0.1, 0.15) is 69.0 Å². The number of aromatic hydroxyl groups is 1. The summed E-state index contributed by atoms with van der Waals surface area (Å²) in [6.45, 7) is 12.9. The first kappa shape index (κ1) is 24.5. The van der Waals surface area contributed by atoms with Crippen LogP contribution in [-0.2, 0) is 10.8 Å².